The average molecular weight is 261 g/mol. The van der Waals surface area contributed by atoms with Crippen molar-refractivity contribution >= 4 is 5.97 Å². The highest BCUT2D eigenvalue weighted by molar-refractivity contribution is 5.71. The van der Waals surface area contributed by atoms with Gasteiger partial charge in [0.05, 0.1) is 18.6 Å². The lowest BCUT2D eigenvalue weighted by Gasteiger charge is -2.26. The molecule has 100 valence electrons. The Labute approximate surface area is 103 Å². The van der Waals surface area contributed by atoms with Gasteiger partial charge in [-0.1, -0.05) is 12.1 Å². The fraction of sp³-hybridized carbons (Fsp3) is 0.417. The predicted molar refractivity (Wildman–Crippen MR) is 59.4 cm³/mol. The molecule has 0 spiro atoms. The maximum atomic E-state index is 13.5. The van der Waals surface area contributed by atoms with Crippen molar-refractivity contribution in [2.24, 2.45) is 5.73 Å². The fourth-order valence-electron chi connectivity index (χ4n) is 1.57. The molecule has 2 N–H and O–H groups in total. The van der Waals surface area contributed by atoms with Crippen LogP contribution in [0.4, 0.5) is 13.2 Å². The zero-order valence-electron chi connectivity index (χ0n) is 9.88. The normalized spacial score (nSPS) is 14.1. The number of carbonyl (C=O) groups is 1. The molecule has 0 bridgehead atoms. The highest BCUT2D eigenvalue weighted by atomic mass is 19.2. The van der Waals surface area contributed by atoms with Crippen molar-refractivity contribution in [3.8, 4) is 0 Å². The summed E-state index contributed by atoms with van der Waals surface area (Å²) in [6.45, 7) is 0.479. The number of hydrogen-bond acceptors (Lipinski definition) is 3. The molecule has 1 rings (SSSR count). The molecule has 0 heterocycles. The van der Waals surface area contributed by atoms with E-state index >= 15 is 0 Å². The first kappa shape index (κ1) is 14.5. The Morgan fingerprint density at radius 1 is 1.44 bits per heavy atom. The van der Waals surface area contributed by atoms with Gasteiger partial charge in [-0.25, -0.2) is 13.2 Å². The van der Waals surface area contributed by atoms with E-state index < -0.39 is 36.2 Å². The largest absolute Gasteiger partial charge is 0.466 e. The first-order valence-electron chi connectivity index (χ1n) is 5.39. The van der Waals surface area contributed by atoms with E-state index in [9.17, 15) is 18.0 Å². The molecular formula is C12H14F3NO2. The van der Waals surface area contributed by atoms with Crippen molar-refractivity contribution < 1.29 is 22.7 Å². The van der Waals surface area contributed by atoms with Crippen LogP contribution in [0.15, 0.2) is 18.2 Å². The number of ether oxygens (including phenoxy) is 1. The fourth-order valence-corrected chi connectivity index (χ4v) is 1.57. The van der Waals surface area contributed by atoms with Crippen LogP contribution in [-0.2, 0) is 15.1 Å². The van der Waals surface area contributed by atoms with Gasteiger partial charge in [0.2, 0.25) is 0 Å². The van der Waals surface area contributed by atoms with Crippen molar-refractivity contribution in [2.45, 2.75) is 18.9 Å². The lowest BCUT2D eigenvalue weighted by Crippen LogP contribution is -2.42. The maximum Gasteiger partial charge on any atom is 0.308 e. The number of alkyl halides is 1. The summed E-state index contributed by atoms with van der Waals surface area (Å²) >= 11 is 0. The molecule has 6 heteroatoms. The molecule has 0 unspecified atom stereocenters. The van der Waals surface area contributed by atoms with Crippen LogP contribution < -0.4 is 5.73 Å². The van der Waals surface area contributed by atoms with Crippen molar-refractivity contribution in [3.05, 3.63) is 35.4 Å². The van der Waals surface area contributed by atoms with E-state index in [2.05, 4.69) is 4.74 Å². The monoisotopic (exact) mass is 261 g/mol. The third-order valence-electron chi connectivity index (χ3n) is 2.49. The van der Waals surface area contributed by atoms with Crippen LogP contribution in [0.5, 0.6) is 0 Å². The van der Waals surface area contributed by atoms with Gasteiger partial charge in [-0.15, -0.1) is 0 Å². The summed E-state index contributed by atoms with van der Waals surface area (Å²) in [5.74, 6) is -3.15. The van der Waals surface area contributed by atoms with Crippen LogP contribution in [0.25, 0.3) is 0 Å². The van der Waals surface area contributed by atoms with E-state index in [1.165, 1.54) is 6.07 Å². The zero-order chi connectivity index (χ0) is 13.8. The molecule has 1 aromatic carbocycles. The van der Waals surface area contributed by atoms with Crippen molar-refractivity contribution in [3.63, 3.8) is 0 Å². The highest BCUT2D eigenvalue weighted by Crippen LogP contribution is 2.27. The first-order chi connectivity index (χ1) is 8.44. The Hall–Kier alpha value is -1.56. The number of hydrogen-bond donors (Lipinski definition) is 1. The first-order valence-corrected chi connectivity index (χ1v) is 5.39. The van der Waals surface area contributed by atoms with E-state index in [4.69, 9.17) is 5.73 Å². The molecule has 1 atom stereocenters. The van der Waals surface area contributed by atoms with E-state index in [1.807, 2.05) is 0 Å². The van der Waals surface area contributed by atoms with Gasteiger partial charge in [-0.2, -0.15) is 0 Å². The quantitative estimate of drug-likeness (QED) is 0.825. The molecule has 0 aliphatic carbocycles. The lowest BCUT2D eigenvalue weighted by molar-refractivity contribution is -0.144. The summed E-state index contributed by atoms with van der Waals surface area (Å²) in [5, 5.41) is 0. The van der Waals surface area contributed by atoms with Crippen LogP contribution >= 0.6 is 0 Å². The molecular weight excluding hydrogens is 247 g/mol. The standard InChI is InChI=1S/C12H14F3NO2/c1-2-18-10(17)6-12(16,7-13)8-4-3-5-9(14)11(8)15/h3-5H,2,6-7,16H2,1H3/t12-/m1/s1. The Bertz CT molecular complexity index is 439. The smallest absolute Gasteiger partial charge is 0.308 e. The summed E-state index contributed by atoms with van der Waals surface area (Å²) in [4.78, 5) is 11.3. The van der Waals surface area contributed by atoms with Crippen LogP contribution in [0.1, 0.15) is 18.9 Å². The summed E-state index contributed by atoms with van der Waals surface area (Å²) in [6.07, 6.45) is -0.558. The summed E-state index contributed by atoms with van der Waals surface area (Å²) < 4.78 is 44.3. The lowest BCUT2D eigenvalue weighted by atomic mass is 9.88. The number of carbonyl (C=O) groups excluding carboxylic acids is 1. The molecule has 18 heavy (non-hydrogen) atoms. The molecule has 0 aliphatic rings. The van der Waals surface area contributed by atoms with E-state index in [1.54, 1.807) is 6.92 Å². The van der Waals surface area contributed by atoms with Gasteiger partial charge in [-0.05, 0) is 13.0 Å². The van der Waals surface area contributed by atoms with Gasteiger partial charge < -0.3 is 10.5 Å². The van der Waals surface area contributed by atoms with Gasteiger partial charge in [0.1, 0.15) is 6.67 Å². The van der Waals surface area contributed by atoms with Gasteiger partial charge in [0, 0.05) is 5.56 Å². The maximum absolute atomic E-state index is 13.5. The van der Waals surface area contributed by atoms with E-state index in [0.717, 1.165) is 12.1 Å². The molecule has 0 saturated heterocycles. The Balaban J connectivity index is 3.07. The van der Waals surface area contributed by atoms with E-state index in [0.29, 0.717) is 0 Å². The minimum absolute atomic E-state index is 0.104. The van der Waals surface area contributed by atoms with E-state index in [-0.39, 0.29) is 12.2 Å². The van der Waals surface area contributed by atoms with Crippen LogP contribution in [0.3, 0.4) is 0 Å². The molecule has 0 amide bonds. The number of halogens is 3. The summed E-state index contributed by atoms with van der Waals surface area (Å²) in [6, 6.07) is 3.25. The van der Waals surface area contributed by atoms with Gasteiger partial charge in [0.25, 0.3) is 0 Å². The summed E-state index contributed by atoms with van der Waals surface area (Å²) in [7, 11) is 0. The molecule has 0 fully saturated rings. The molecule has 0 aliphatic heterocycles. The second kappa shape index (κ2) is 5.86. The SMILES string of the molecule is CCOC(=O)C[C@@](N)(CF)c1cccc(F)c1F. The molecule has 0 saturated carbocycles. The van der Waals surface area contributed by atoms with Crippen LogP contribution in [0, 0.1) is 11.6 Å². The highest BCUT2D eigenvalue weighted by Gasteiger charge is 2.34. The minimum Gasteiger partial charge on any atom is -0.466 e. The third-order valence-corrected chi connectivity index (χ3v) is 2.49. The molecule has 1 aromatic rings. The third kappa shape index (κ3) is 3.01. The number of esters is 1. The van der Waals surface area contributed by atoms with Gasteiger partial charge in [0.15, 0.2) is 11.6 Å². The topological polar surface area (TPSA) is 52.3 Å². The molecule has 0 aromatic heterocycles. The summed E-state index contributed by atoms with van der Waals surface area (Å²) in [5.41, 5.74) is 3.34. The second-order valence-corrected chi connectivity index (χ2v) is 3.87. The predicted octanol–water partition coefficient (Wildman–Crippen LogP) is 2.04. The Morgan fingerprint density at radius 3 is 2.67 bits per heavy atom. The van der Waals surface area contributed by atoms with Crippen molar-refractivity contribution in [2.75, 3.05) is 13.3 Å². The second-order valence-electron chi connectivity index (χ2n) is 3.87. The van der Waals surface area contributed by atoms with Gasteiger partial charge >= 0.3 is 5.97 Å². The number of rotatable bonds is 5. The van der Waals surface area contributed by atoms with Crippen molar-refractivity contribution in [1.29, 1.82) is 0 Å². The van der Waals surface area contributed by atoms with Crippen LogP contribution in [-0.4, -0.2) is 19.3 Å². The average Bonchev–Trinajstić information content (AvgIpc) is 2.32. The minimum atomic E-state index is -1.92. The van der Waals surface area contributed by atoms with Crippen LogP contribution in [0.2, 0.25) is 0 Å². The molecule has 0 radical (unpaired) electrons. The Kier molecular flexibility index (Phi) is 4.72. The zero-order valence-corrected chi connectivity index (χ0v) is 9.88. The van der Waals surface area contributed by atoms with Gasteiger partial charge in [-0.3, -0.25) is 4.79 Å². The Morgan fingerprint density at radius 2 is 2.11 bits per heavy atom. The number of nitrogens with two attached hydrogens (primary N) is 1. The number of benzene rings is 1. The van der Waals surface area contributed by atoms with Crippen molar-refractivity contribution in [1.82, 2.24) is 0 Å². The molecule has 3 nitrogen and oxygen atoms in total.